The van der Waals surface area contributed by atoms with Crippen molar-refractivity contribution in [3.63, 3.8) is 0 Å². The van der Waals surface area contributed by atoms with E-state index in [1.54, 1.807) is 13.2 Å². The second-order valence-corrected chi connectivity index (χ2v) is 7.04. The van der Waals surface area contributed by atoms with Gasteiger partial charge in [0.2, 0.25) is 0 Å². The lowest BCUT2D eigenvalue weighted by atomic mass is 10.1. The van der Waals surface area contributed by atoms with Gasteiger partial charge in [-0.1, -0.05) is 41.6 Å². The lowest BCUT2D eigenvalue weighted by Crippen LogP contribution is -2.17. The molecule has 0 spiro atoms. The maximum Gasteiger partial charge on any atom is 0.265 e. The molecule has 0 aliphatic heterocycles. The standard InChI is InChI=1S/C25H26N2O4/c1-18-9-11-22(13-19(18)2)27-25(28)17-31-26-15-21-10-12-23(24(14-21)29-3)30-16-20-7-5-4-6-8-20/h4-15H,16-17H2,1-3H3,(H,27,28)/b26-15+. The van der Waals surface area contributed by atoms with Crippen LogP contribution in [0.1, 0.15) is 22.3 Å². The van der Waals surface area contributed by atoms with Crippen LogP contribution in [-0.4, -0.2) is 25.8 Å². The molecule has 0 saturated carbocycles. The molecule has 0 aliphatic carbocycles. The summed E-state index contributed by atoms with van der Waals surface area (Å²) in [5, 5.41) is 6.66. The first kappa shape index (κ1) is 21.9. The van der Waals surface area contributed by atoms with Crippen molar-refractivity contribution < 1.29 is 19.1 Å². The monoisotopic (exact) mass is 418 g/mol. The number of ether oxygens (including phenoxy) is 2. The van der Waals surface area contributed by atoms with E-state index in [0.717, 1.165) is 22.4 Å². The number of methoxy groups -OCH3 is 1. The third-order valence-corrected chi connectivity index (χ3v) is 4.69. The molecule has 160 valence electrons. The lowest BCUT2D eigenvalue weighted by molar-refractivity contribution is -0.120. The third kappa shape index (κ3) is 6.60. The molecule has 1 N–H and O–H groups in total. The lowest BCUT2D eigenvalue weighted by Gasteiger charge is -2.11. The second-order valence-electron chi connectivity index (χ2n) is 7.04. The van der Waals surface area contributed by atoms with Gasteiger partial charge in [0.25, 0.3) is 5.91 Å². The zero-order valence-electron chi connectivity index (χ0n) is 17.9. The number of nitrogens with one attached hydrogen (secondary N) is 1. The van der Waals surface area contributed by atoms with E-state index in [2.05, 4.69) is 10.5 Å². The Balaban J connectivity index is 1.50. The zero-order chi connectivity index (χ0) is 22.1. The van der Waals surface area contributed by atoms with Crippen LogP contribution in [-0.2, 0) is 16.2 Å². The molecule has 0 fully saturated rings. The van der Waals surface area contributed by atoms with Crippen LogP contribution in [0.4, 0.5) is 5.69 Å². The minimum atomic E-state index is -0.275. The van der Waals surface area contributed by atoms with Gasteiger partial charge >= 0.3 is 0 Å². The molecule has 31 heavy (non-hydrogen) atoms. The van der Waals surface area contributed by atoms with E-state index in [4.69, 9.17) is 14.3 Å². The molecule has 3 rings (SSSR count). The van der Waals surface area contributed by atoms with E-state index in [1.165, 1.54) is 11.8 Å². The van der Waals surface area contributed by atoms with Gasteiger partial charge in [-0.2, -0.15) is 0 Å². The number of aryl methyl sites for hydroxylation is 2. The van der Waals surface area contributed by atoms with Crippen LogP contribution >= 0.6 is 0 Å². The Kier molecular flexibility index (Phi) is 7.65. The van der Waals surface area contributed by atoms with Gasteiger partial charge in [-0.05, 0) is 60.9 Å². The van der Waals surface area contributed by atoms with E-state index in [9.17, 15) is 4.79 Å². The summed E-state index contributed by atoms with van der Waals surface area (Å²) in [5.74, 6) is 0.951. The molecule has 0 bridgehead atoms. The van der Waals surface area contributed by atoms with Gasteiger partial charge in [0.15, 0.2) is 18.1 Å². The Morgan fingerprint density at radius 1 is 0.968 bits per heavy atom. The highest BCUT2D eigenvalue weighted by molar-refractivity contribution is 5.91. The van der Waals surface area contributed by atoms with E-state index >= 15 is 0 Å². The van der Waals surface area contributed by atoms with Crippen LogP contribution in [0.25, 0.3) is 0 Å². The normalized spacial score (nSPS) is 10.7. The predicted octanol–water partition coefficient (Wildman–Crippen LogP) is 4.88. The quantitative estimate of drug-likeness (QED) is 0.397. The SMILES string of the molecule is COc1cc(/C=N/OCC(=O)Nc2ccc(C)c(C)c2)ccc1OCc1ccccc1. The molecule has 0 heterocycles. The van der Waals surface area contributed by atoms with Crippen LogP contribution < -0.4 is 14.8 Å². The van der Waals surface area contributed by atoms with Crippen molar-refractivity contribution in [1.82, 2.24) is 0 Å². The van der Waals surface area contributed by atoms with Crippen LogP contribution in [0.15, 0.2) is 71.9 Å². The molecule has 1 amide bonds. The number of amides is 1. The van der Waals surface area contributed by atoms with Crippen LogP contribution in [0.2, 0.25) is 0 Å². The van der Waals surface area contributed by atoms with Crippen molar-refractivity contribution in [2.75, 3.05) is 19.0 Å². The number of hydrogen-bond donors (Lipinski definition) is 1. The highest BCUT2D eigenvalue weighted by atomic mass is 16.6. The van der Waals surface area contributed by atoms with Crippen molar-refractivity contribution in [2.45, 2.75) is 20.5 Å². The average Bonchev–Trinajstić information content (AvgIpc) is 2.79. The number of rotatable bonds is 9. The summed E-state index contributed by atoms with van der Waals surface area (Å²) in [5.41, 5.74) is 4.85. The van der Waals surface area contributed by atoms with E-state index in [0.29, 0.717) is 18.1 Å². The van der Waals surface area contributed by atoms with Gasteiger partial charge in [-0.25, -0.2) is 0 Å². The van der Waals surface area contributed by atoms with Crippen LogP contribution in [0, 0.1) is 13.8 Å². The van der Waals surface area contributed by atoms with E-state index < -0.39 is 0 Å². The second kappa shape index (κ2) is 10.8. The highest BCUT2D eigenvalue weighted by Gasteiger charge is 2.06. The van der Waals surface area contributed by atoms with Gasteiger partial charge in [0.1, 0.15) is 6.61 Å². The molecule has 0 aliphatic rings. The minimum Gasteiger partial charge on any atom is -0.493 e. The van der Waals surface area contributed by atoms with Gasteiger partial charge in [0.05, 0.1) is 13.3 Å². The maximum absolute atomic E-state index is 12.0. The van der Waals surface area contributed by atoms with Crippen LogP contribution in [0.3, 0.4) is 0 Å². The molecule has 0 aromatic heterocycles. The smallest absolute Gasteiger partial charge is 0.265 e. The zero-order valence-corrected chi connectivity index (χ0v) is 17.9. The van der Waals surface area contributed by atoms with Gasteiger partial charge in [-0.15, -0.1) is 0 Å². The van der Waals surface area contributed by atoms with Crippen molar-refractivity contribution >= 4 is 17.8 Å². The molecule has 6 heteroatoms. The molecule has 0 unspecified atom stereocenters. The van der Waals surface area contributed by atoms with E-state index in [-0.39, 0.29) is 12.5 Å². The van der Waals surface area contributed by atoms with Gasteiger partial charge in [-0.3, -0.25) is 4.79 Å². The number of carbonyl (C=O) groups is 1. The van der Waals surface area contributed by atoms with Crippen molar-refractivity contribution in [3.8, 4) is 11.5 Å². The average molecular weight is 418 g/mol. The number of oxime groups is 1. The first-order valence-electron chi connectivity index (χ1n) is 9.92. The summed E-state index contributed by atoms with van der Waals surface area (Å²) in [7, 11) is 1.58. The maximum atomic E-state index is 12.0. The minimum absolute atomic E-state index is 0.182. The van der Waals surface area contributed by atoms with Gasteiger partial charge in [0, 0.05) is 11.3 Å². The summed E-state index contributed by atoms with van der Waals surface area (Å²) in [6, 6.07) is 21.1. The molecular weight excluding hydrogens is 392 g/mol. The molecule has 0 radical (unpaired) electrons. The first-order valence-corrected chi connectivity index (χ1v) is 9.92. The third-order valence-electron chi connectivity index (χ3n) is 4.69. The fourth-order valence-electron chi connectivity index (χ4n) is 2.83. The Bertz CT molecular complexity index is 1050. The molecule has 0 saturated heterocycles. The number of carbonyl (C=O) groups excluding carboxylic acids is 1. The molecule has 6 nitrogen and oxygen atoms in total. The Morgan fingerprint density at radius 2 is 1.77 bits per heavy atom. The topological polar surface area (TPSA) is 69.2 Å². The number of benzene rings is 3. The number of nitrogens with zero attached hydrogens (tertiary/aromatic N) is 1. The molecule has 3 aromatic carbocycles. The van der Waals surface area contributed by atoms with Crippen LogP contribution in [0.5, 0.6) is 11.5 Å². The van der Waals surface area contributed by atoms with Crippen molar-refractivity contribution in [1.29, 1.82) is 0 Å². The predicted molar refractivity (Wildman–Crippen MR) is 122 cm³/mol. The summed E-state index contributed by atoms with van der Waals surface area (Å²) in [6.07, 6.45) is 1.52. The number of anilines is 1. The fourth-order valence-corrected chi connectivity index (χ4v) is 2.83. The first-order chi connectivity index (χ1) is 15.0. The summed E-state index contributed by atoms with van der Waals surface area (Å²) in [6.45, 7) is 4.29. The Morgan fingerprint density at radius 3 is 2.52 bits per heavy atom. The Labute approximate surface area is 182 Å². The fraction of sp³-hybridized carbons (Fsp3) is 0.200. The van der Waals surface area contributed by atoms with E-state index in [1.807, 2.05) is 74.5 Å². The summed E-state index contributed by atoms with van der Waals surface area (Å²) >= 11 is 0. The molecule has 3 aromatic rings. The van der Waals surface area contributed by atoms with Gasteiger partial charge < -0.3 is 19.6 Å². The Hall–Kier alpha value is -3.80. The number of hydrogen-bond acceptors (Lipinski definition) is 5. The largest absolute Gasteiger partial charge is 0.493 e. The van der Waals surface area contributed by atoms with Crippen molar-refractivity contribution in [2.24, 2.45) is 5.16 Å². The molecule has 0 atom stereocenters. The van der Waals surface area contributed by atoms with Crippen molar-refractivity contribution in [3.05, 3.63) is 89.0 Å². The summed E-state index contributed by atoms with van der Waals surface area (Å²) < 4.78 is 11.3. The molecular formula is C25H26N2O4. The summed E-state index contributed by atoms with van der Waals surface area (Å²) in [4.78, 5) is 17.1. The highest BCUT2D eigenvalue weighted by Crippen LogP contribution is 2.28.